The molecule has 1 aromatic heterocycles. The van der Waals surface area contributed by atoms with Crippen LogP contribution in [0, 0.1) is 15.2 Å². The van der Waals surface area contributed by atoms with Crippen LogP contribution in [0.25, 0.3) is 11.3 Å². The van der Waals surface area contributed by atoms with E-state index in [9.17, 15) is 28.2 Å². The standard InChI is InChI=1S/C25H23F4IN4O3/c26-15-5-14(6-16(30)8-15)20(11-35)34-24(37)17-3-1-12(7-18(17)27)22-23(31)32-10-19(33-22)13-2-4-21(36)25(28,29)9-13/h1,3,5-8,10,13,20-21,35-36H,2,4,9,11H2,(H2,31,32)(H,34,37)/t13?,20?,21-/m0/s1. The molecule has 1 heterocycles. The number of rotatable bonds is 6. The van der Waals surface area contributed by atoms with Gasteiger partial charge >= 0.3 is 0 Å². The molecule has 3 atom stereocenters. The highest BCUT2D eigenvalue weighted by Crippen LogP contribution is 2.42. The fourth-order valence-electron chi connectivity index (χ4n) is 4.30. The molecule has 1 saturated carbocycles. The van der Waals surface area contributed by atoms with Gasteiger partial charge < -0.3 is 21.3 Å². The van der Waals surface area contributed by atoms with E-state index < -0.39 is 54.6 Å². The van der Waals surface area contributed by atoms with Crippen LogP contribution in [-0.2, 0) is 0 Å². The normalized spacial score (nSPS) is 19.9. The third-order valence-electron chi connectivity index (χ3n) is 6.29. The zero-order valence-electron chi connectivity index (χ0n) is 19.3. The van der Waals surface area contributed by atoms with E-state index in [0.29, 0.717) is 9.13 Å². The molecule has 1 aliphatic carbocycles. The number of anilines is 1. The Hall–Kier alpha value is -2.84. The average Bonchev–Trinajstić information content (AvgIpc) is 2.83. The van der Waals surface area contributed by atoms with Crippen LogP contribution in [0.3, 0.4) is 0 Å². The van der Waals surface area contributed by atoms with Crippen LogP contribution in [0.15, 0.2) is 42.6 Å². The molecule has 0 bridgehead atoms. The van der Waals surface area contributed by atoms with Crippen molar-refractivity contribution in [3.05, 3.63) is 74.6 Å². The minimum absolute atomic E-state index is 0.0518. The SMILES string of the molecule is Nc1ncc(C2CC[C@H](O)C(F)(F)C2)nc1-c1ccc(C(=O)NC(CO)c2cc(F)cc(I)c2)c(F)c1. The first-order valence-electron chi connectivity index (χ1n) is 11.3. The van der Waals surface area contributed by atoms with Crippen LogP contribution in [0.2, 0.25) is 0 Å². The molecule has 0 radical (unpaired) electrons. The molecular formula is C25H23F4IN4O3. The van der Waals surface area contributed by atoms with Gasteiger partial charge in [-0.25, -0.2) is 27.5 Å². The Balaban J connectivity index is 1.57. The number of benzene rings is 2. The molecule has 196 valence electrons. The number of nitrogens with two attached hydrogens (primary N) is 1. The first-order valence-corrected chi connectivity index (χ1v) is 12.4. The Labute approximate surface area is 223 Å². The molecule has 0 saturated heterocycles. The van der Waals surface area contributed by atoms with E-state index in [-0.39, 0.29) is 41.2 Å². The molecule has 2 unspecified atom stereocenters. The maximum atomic E-state index is 15.0. The first-order chi connectivity index (χ1) is 17.5. The number of hydrogen-bond donors (Lipinski definition) is 4. The van der Waals surface area contributed by atoms with Gasteiger partial charge in [-0.15, -0.1) is 0 Å². The summed E-state index contributed by atoms with van der Waals surface area (Å²) < 4.78 is 57.4. The van der Waals surface area contributed by atoms with E-state index >= 15 is 4.39 Å². The fourth-order valence-corrected chi connectivity index (χ4v) is 4.96. The number of nitrogen functional groups attached to an aromatic ring is 1. The maximum Gasteiger partial charge on any atom is 0.274 e. The summed E-state index contributed by atoms with van der Waals surface area (Å²) >= 11 is 1.90. The lowest BCUT2D eigenvalue weighted by atomic mass is 9.83. The van der Waals surface area contributed by atoms with Gasteiger partial charge in [0.25, 0.3) is 11.8 Å². The lowest BCUT2D eigenvalue weighted by Crippen LogP contribution is -2.39. The second-order valence-corrected chi connectivity index (χ2v) is 10.1. The van der Waals surface area contributed by atoms with Gasteiger partial charge in [0.1, 0.15) is 29.3 Å². The van der Waals surface area contributed by atoms with Gasteiger partial charge in [0, 0.05) is 21.5 Å². The van der Waals surface area contributed by atoms with Crippen molar-refractivity contribution in [2.24, 2.45) is 0 Å². The summed E-state index contributed by atoms with van der Waals surface area (Å²) in [6.45, 7) is -0.541. The van der Waals surface area contributed by atoms with Crippen molar-refractivity contribution in [2.75, 3.05) is 12.3 Å². The number of nitrogens with one attached hydrogen (secondary N) is 1. The van der Waals surface area contributed by atoms with E-state index in [4.69, 9.17) is 5.73 Å². The number of aliphatic hydroxyl groups is 2. The zero-order chi connectivity index (χ0) is 26.9. The molecule has 1 aliphatic rings. The van der Waals surface area contributed by atoms with Gasteiger partial charge in [-0.2, -0.15) is 0 Å². The molecule has 3 aromatic rings. The van der Waals surface area contributed by atoms with Crippen molar-refractivity contribution in [2.45, 2.75) is 43.2 Å². The van der Waals surface area contributed by atoms with Crippen LogP contribution in [0.5, 0.6) is 0 Å². The van der Waals surface area contributed by atoms with Crippen LogP contribution in [0.4, 0.5) is 23.4 Å². The van der Waals surface area contributed by atoms with Crippen LogP contribution >= 0.6 is 22.6 Å². The van der Waals surface area contributed by atoms with E-state index in [1.807, 2.05) is 22.6 Å². The Morgan fingerprint density at radius 2 is 1.97 bits per heavy atom. The largest absolute Gasteiger partial charge is 0.394 e. The Morgan fingerprint density at radius 1 is 1.22 bits per heavy atom. The van der Waals surface area contributed by atoms with E-state index in [0.717, 1.165) is 6.07 Å². The molecule has 0 aliphatic heterocycles. The van der Waals surface area contributed by atoms with Crippen molar-refractivity contribution in [3.63, 3.8) is 0 Å². The molecule has 1 amide bonds. The predicted molar refractivity (Wildman–Crippen MR) is 136 cm³/mol. The molecule has 12 heteroatoms. The number of hydrogen-bond acceptors (Lipinski definition) is 6. The molecule has 4 rings (SSSR count). The second-order valence-electron chi connectivity index (χ2n) is 8.89. The molecule has 7 nitrogen and oxygen atoms in total. The summed E-state index contributed by atoms with van der Waals surface area (Å²) in [5.41, 5.74) is 6.40. The van der Waals surface area contributed by atoms with E-state index in [2.05, 4.69) is 15.3 Å². The predicted octanol–water partition coefficient (Wildman–Crippen LogP) is 4.34. The molecule has 5 N–H and O–H groups in total. The number of aliphatic hydroxyl groups excluding tert-OH is 2. The quantitative estimate of drug-likeness (QED) is 0.238. The Kier molecular flexibility index (Phi) is 7.99. The fraction of sp³-hybridized carbons (Fsp3) is 0.320. The summed E-state index contributed by atoms with van der Waals surface area (Å²) in [4.78, 5) is 21.1. The van der Waals surface area contributed by atoms with Crippen molar-refractivity contribution in [3.8, 4) is 11.3 Å². The molecule has 1 fully saturated rings. The summed E-state index contributed by atoms with van der Waals surface area (Å²) in [5.74, 6) is -6.27. The van der Waals surface area contributed by atoms with Gasteiger partial charge in [0.2, 0.25) is 0 Å². The Bertz CT molecular complexity index is 1310. The minimum Gasteiger partial charge on any atom is -0.394 e. The van der Waals surface area contributed by atoms with Crippen LogP contribution < -0.4 is 11.1 Å². The van der Waals surface area contributed by atoms with Crippen molar-refractivity contribution >= 4 is 34.3 Å². The zero-order valence-corrected chi connectivity index (χ0v) is 21.4. The van der Waals surface area contributed by atoms with Gasteiger partial charge in [0.15, 0.2) is 0 Å². The van der Waals surface area contributed by atoms with E-state index in [1.165, 1.54) is 30.5 Å². The molecule has 37 heavy (non-hydrogen) atoms. The number of alkyl halides is 2. The number of carbonyl (C=O) groups excluding carboxylic acids is 1. The highest BCUT2D eigenvalue weighted by molar-refractivity contribution is 14.1. The number of carbonyl (C=O) groups is 1. The van der Waals surface area contributed by atoms with Crippen molar-refractivity contribution in [1.29, 1.82) is 0 Å². The summed E-state index contributed by atoms with van der Waals surface area (Å²) in [6.07, 6.45) is -0.846. The van der Waals surface area contributed by atoms with Gasteiger partial charge in [-0.05, 0) is 71.3 Å². The molecule has 0 spiro atoms. The summed E-state index contributed by atoms with van der Waals surface area (Å²) in [7, 11) is 0. The lowest BCUT2D eigenvalue weighted by molar-refractivity contribution is -0.136. The topological polar surface area (TPSA) is 121 Å². The Morgan fingerprint density at radius 3 is 2.62 bits per heavy atom. The van der Waals surface area contributed by atoms with E-state index in [1.54, 1.807) is 6.07 Å². The highest BCUT2D eigenvalue weighted by atomic mass is 127. The average molecular weight is 630 g/mol. The lowest BCUT2D eigenvalue weighted by Gasteiger charge is -2.32. The number of aromatic nitrogens is 2. The van der Waals surface area contributed by atoms with Crippen LogP contribution in [-0.4, -0.2) is 44.7 Å². The number of amides is 1. The van der Waals surface area contributed by atoms with Crippen LogP contribution in [0.1, 0.15) is 52.8 Å². The van der Waals surface area contributed by atoms with Gasteiger partial charge in [-0.3, -0.25) is 4.79 Å². The minimum atomic E-state index is -3.26. The summed E-state index contributed by atoms with van der Waals surface area (Å²) in [6, 6.07) is 6.68. The highest BCUT2D eigenvalue weighted by Gasteiger charge is 2.45. The molecular weight excluding hydrogens is 607 g/mol. The van der Waals surface area contributed by atoms with Gasteiger partial charge in [-0.1, -0.05) is 6.07 Å². The number of nitrogens with zero attached hydrogens (tertiary/aromatic N) is 2. The maximum absolute atomic E-state index is 15.0. The monoisotopic (exact) mass is 630 g/mol. The smallest absolute Gasteiger partial charge is 0.274 e. The van der Waals surface area contributed by atoms with Crippen molar-refractivity contribution < 1.29 is 32.6 Å². The third kappa shape index (κ3) is 6.02. The summed E-state index contributed by atoms with van der Waals surface area (Å²) in [5, 5.41) is 21.7. The number of halogens is 5. The molecule has 2 aromatic carbocycles. The van der Waals surface area contributed by atoms with Crippen molar-refractivity contribution in [1.82, 2.24) is 15.3 Å². The third-order valence-corrected chi connectivity index (χ3v) is 6.92. The second kappa shape index (κ2) is 10.9. The first kappa shape index (κ1) is 27.2. The van der Waals surface area contributed by atoms with Gasteiger partial charge in [0.05, 0.1) is 30.1 Å².